The number of hydrogen-bond acceptors (Lipinski definition) is 3. The van der Waals surface area contributed by atoms with Crippen LogP contribution in [0.4, 0.5) is 13.2 Å². The fourth-order valence-electron chi connectivity index (χ4n) is 1.00. The predicted molar refractivity (Wildman–Crippen MR) is 43.5 cm³/mol. The molecule has 1 unspecified atom stereocenters. The predicted octanol–water partition coefficient (Wildman–Crippen LogP) is 0.244. The van der Waals surface area contributed by atoms with E-state index in [4.69, 9.17) is 0 Å². The van der Waals surface area contributed by atoms with E-state index in [-0.39, 0.29) is 56.9 Å². The van der Waals surface area contributed by atoms with Crippen LogP contribution in [0, 0.1) is 5.21 Å². The zero-order valence-corrected chi connectivity index (χ0v) is 11.0. The Kier molecular flexibility index (Phi) is 6.61. The molecule has 1 aromatic carbocycles. The molecule has 0 aliphatic carbocycles. The molecule has 0 fully saturated rings. The van der Waals surface area contributed by atoms with Gasteiger partial charge in [0.05, 0.1) is 0 Å². The van der Waals surface area contributed by atoms with E-state index in [1.807, 2.05) is 5.28 Å². The monoisotopic (exact) mass is 242 g/mol. The first-order valence-electron chi connectivity index (χ1n) is 3.70. The second kappa shape index (κ2) is 6.59. The van der Waals surface area contributed by atoms with Crippen molar-refractivity contribution in [1.29, 1.82) is 0 Å². The van der Waals surface area contributed by atoms with Gasteiger partial charge in [0.25, 0.3) is 0 Å². The number of benzene rings is 1. The van der Waals surface area contributed by atoms with Crippen LogP contribution in [0.2, 0.25) is 0 Å². The molecule has 0 heterocycles. The molecule has 1 rings (SSSR count). The van der Waals surface area contributed by atoms with Crippen molar-refractivity contribution in [2.45, 2.75) is 12.2 Å². The summed E-state index contributed by atoms with van der Waals surface area (Å²) in [5, 5.41) is 14.3. The smallest absolute Gasteiger partial charge is 0.775 e. The normalized spacial score (nSPS) is 13.5. The third-order valence-electron chi connectivity index (χ3n) is 1.59. The molecule has 15 heavy (non-hydrogen) atoms. The number of alkyl halides is 3. The van der Waals surface area contributed by atoms with E-state index in [0.29, 0.717) is 0 Å². The maximum absolute atomic E-state index is 12.3. The van der Waals surface area contributed by atoms with Crippen molar-refractivity contribution >= 4 is 0 Å². The molecule has 0 saturated heterocycles. The molecule has 1 aromatic rings. The molecule has 0 bridgehead atoms. The molecule has 0 radical (unpaired) electrons. The van der Waals surface area contributed by atoms with Gasteiger partial charge in [0.2, 0.25) is 0 Å². The largest absolute Gasteiger partial charge is 1.00 e. The third kappa shape index (κ3) is 4.60. The van der Waals surface area contributed by atoms with Crippen LogP contribution in [-0.2, 0) is 0 Å². The maximum Gasteiger partial charge on any atom is 1.00 e. The summed E-state index contributed by atoms with van der Waals surface area (Å²) >= 11 is 0. The van der Waals surface area contributed by atoms with Crippen molar-refractivity contribution in [3.05, 3.63) is 41.1 Å². The van der Waals surface area contributed by atoms with E-state index >= 15 is 0 Å². The Balaban J connectivity index is 0.00000196. The first-order valence-corrected chi connectivity index (χ1v) is 3.70. The fraction of sp³-hybridized carbons (Fsp3) is 0.250. The van der Waals surface area contributed by atoms with Gasteiger partial charge in [-0.25, -0.2) is 5.28 Å². The Morgan fingerprint density at radius 3 is 2.07 bits per heavy atom. The summed E-state index contributed by atoms with van der Waals surface area (Å²) < 4.78 is 36.9. The first kappa shape index (κ1) is 15.0. The second-order valence-electron chi connectivity index (χ2n) is 2.55. The summed E-state index contributed by atoms with van der Waals surface area (Å²) in [4.78, 5) is 0. The van der Waals surface area contributed by atoms with Crippen LogP contribution in [0.3, 0.4) is 0 Å². The van der Waals surface area contributed by atoms with Crippen LogP contribution in [0.1, 0.15) is 11.6 Å². The molecule has 0 N–H and O–H groups in total. The standard InChI is InChI=1S/C8H7F3N2O.K/c9-8(10,11)7(12-13-14)6-4-2-1-3-5-6;/h1-5,7H,(H,12,14);/q;+1/p-1. The van der Waals surface area contributed by atoms with Crippen LogP contribution >= 0.6 is 0 Å². The van der Waals surface area contributed by atoms with Gasteiger partial charge in [-0.1, -0.05) is 30.3 Å². The minimum atomic E-state index is -4.59. The molecule has 0 aliphatic heterocycles. The van der Waals surface area contributed by atoms with Crippen LogP contribution in [-0.4, -0.2) is 6.18 Å². The van der Waals surface area contributed by atoms with Crippen molar-refractivity contribution in [2.24, 2.45) is 10.4 Å². The van der Waals surface area contributed by atoms with Crippen molar-refractivity contribution in [3.63, 3.8) is 0 Å². The molecule has 3 nitrogen and oxygen atoms in total. The first-order chi connectivity index (χ1) is 6.55. The summed E-state index contributed by atoms with van der Waals surface area (Å²) in [7, 11) is 0. The van der Waals surface area contributed by atoms with E-state index in [1.54, 1.807) is 6.07 Å². The number of halogens is 3. The van der Waals surface area contributed by atoms with Gasteiger partial charge in [-0.05, 0) is 5.56 Å². The maximum atomic E-state index is 12.3. The molecule has 0 spiro atoms. The van der Waals surface area contributed by atoms with Crippen LogP contribution < -0.4 is 51.4 Å². The van der Waals surface area contributed by atoms with E-state index in [9.17, 15) is 18.4 Å². The van der Waals surface area contributed by atoms with E-state index in [1.165, 1.54) is 24.3 Å². The minimum absolute atomic E-state index is 0. The quantitative estimate of drug-likeness (QED) is 0.416. The van der Waals surface area contributed by atoms with Gasteiger partial charge in [-0.2, -0.15) is 18.3 Å². The summed E-state index contributed by atoms with van der Waals surface area (Å²) in [5.41, 5.74) is -0.0976. The van der Waals surface area contributed by atoms with Gasteiger partial charge >= 0.3 is 57.6 Å². The second-order valence-corrected chi connectivity index (χ2v) is 2.55. The van der Waals surface area contributed by atoms with E-state index < -0.39 is 12.2 Å². The van der Waals surface area contributed by atoms with Crippen molar-refractivity contribution in [1.82, 2.24) is 0 Å². The van der Waals surface area contributed by atoms with Gasteiger partial charge in [0.15, 0.2) is 6.04 Å². The van der Waals surface area contributed by atoms with Crippen LogP contribution in [0.15, 0.2) is 40.7 Å². The summed E-state index contributed by atoms with van der Waals surface area (Å²) in [6, 6.07) is 4.77. The number of rotatable bonds is 2. The average molecular weight is 242 g/mol. The average Bonchev–Trinajstić information content (AvgIpc) is 2.14. The molecular weight excluding hydrogens is 236 g/mol. The zero-order chi connectivity index (χ0) is 10.6. The van der Waals surface area contributed by atoms with Gasteiger partial charge in [-0.15, -0.1) is 0 Å². The van der Waals surface area contributed by atoms with Crippen LogP contribution in [0.25, 0.3) is 0 Å². The number of nitrogens with zero attached hydrogens (tertiary/aromatic N) is 2. The fourth-order valence-corrected chi connectivity index (χ4v) is 1.00. The van der Waals surface area contributed by atoms with Gasteiger partial charge in [0.1, 0.15) is 0 Å². The van der Waals surface area contributed by atoms with Crippen molar-refractivity contribution in [2.75, 3.05) is 0 Å². The summed E-state index contributed by atoms with van der Waals surface area (Å²) in [6.07, 6.45) is -4.59. The number of hydrogen-bond donors (Lipinski definition) is 0. The Labute approximate surface area is 127 Å². The molecule has 0 saturated carbocycles. The Morgan fingerprint density at radius 1 is 1.13 bits per heavy atom. The molecule has 76 valence electrons. The van der Waals surface area contributed by atoms with Crippen LogP contribution in [0.5, 0.6) is 0 Å². The summed E-state index contributed by atoms with van der Waals surface area (Å²) in [5.74, 6) is 0. The van der Waals surface area contributed by atoms with Crippen molar-refractivity contribution in [3.8, 4) is 0 Å². The molecular formula is C8H6F3KN2O. The SMILES string of the molecule is [K+].[O-]N=NC(c1ccccc1)C(F)(F)F. The van der Waals surface area contributed by atoms with E-state index in [0.717, 1.165) is 0 Å². The molecule has 7 heteroatoms. The minimum Gasteiger partial charge on any atom is -0.775 e. The summed E-state index contributed by atoms with van der Waals surface area (Å²) in [6.45, 7) is 0. The van der Waals surface area contributed by atoms with Gasteiger partial charge in [0, 0.05) is 0 Å². The van der Waals surface area contributed by atoms with E-state index in [2.05, 4.69) is 5.11 Å². The third-order valence-corrected chi connectivity index (χ3v) is 1.59. The molecule has 1 atom stereocenters. The Morgan fingerprint density at radius 2 is 1.67 bits per heavy atom. The topological polar surface area (TPSA) is 47.8 Å². The van der Waals surface area contributed by atoms with Gasteiger partial charge < -0.3 is 5.21 Å². The van der Waals surface area contributed by atoms with Gasteiger partial charge in [-0.3, -0.25) is 0 Å². The Bertz CT molecular complexity index is 315. The van der Waals surface area contributed by atoms with Crippen molar-refractivity contribution < 1.29 is 64.6 Å². The molecule has 0 amide bonds. The zero-order valence-electron chi connectivity index (χ0n) is 7.90. The molecule has 0 aliphatic rings. The molecule has 0 aromatic heterocycles. The Hall–Kier alpha value is 0.0464.